The number of hydrogen-bond donors (Lipinski definition) is 0. The molecule has 0 aliphatic heterocycles. The minimum absolute atomic E-state index is 0.335. The highest BCUT2D eigenvalue weighted by Crippen LogP contribution is 2.57. The first-order chi connectivity index (χ1) is 16.3. The fraction of sp³-hybridized carbons (Fsp3) is 0.0625. The van der Waals surface area contributed by atoms with E-state index in [0.717, 1.165) is 10.9 Å². The first-order valence-corrected chi connectivity index (χ1v) is 12.2. The van der Waals surface area contributed by atoms with Gasteiger partial charge in [0.25, 0.3) is 0 Å². The van der Waals surface area contributed by atoms with Crippen LogP contribution in [0.4, 0.5) is 0 Å². The largest absolute Gasteiger partial charge is 0.0713 e. The van der Waals surface area contributed by atoms with E-state index in [9.17, 15) is 0 Å². The van der Waals surface area contributed by atoms with Gasteiger partial charge in [0.05, 0.1) is 5.41 Å². The topological polar surface area (TPSA) is 0 Å². The molecule has 0 amide bonds. The number of rotatable bonds is 4. The normalized spacial score (nSPS) is 13.4. The van der Waals surface area contributed by atoms with Gasteiger partial charge in [-0.1, -0.05) is 137 Å². The Morgan fingerprint density at radius 3 is 1.73 bits per heavy atom. The molecule has 0 spiro atoms. The molecule has 0 saturated carbocycles. The predicted molar refractivity (Wildman–Crippen MR) is 141 cm³/mol. The van der Waals surface area contributed by atoms with Crippen molar-refractivity contribution in [1.82, 2.24) is 0 Å². The van der Waals surface area contributed by atoms with E-state index in [2.05, 4.69) is 143 Å². The highest BCUT2D eigenvalue weighted by Gasteiger charge is 2.46. The summed E-state index contributed by atoms with van der Waals surface area (Å²) in [6.07, 6.45) is 0.887. The Bertz CT molecular complexity index is 1390. The van der Waals surface area contributed by atoms with E-state index in [1.54, 1.807) is 0 Å². The van der Waals surface area contributed by atoms with Gasteiger partial charge in [-0.25, -0.2) is 0 Å². The van der Waals surface area contributed by atoms with Gasteiger partial charge in [-0.3, -0.25) is 0 Å². The number of halogens is 1. The molecule has 0 bridgehead atoms. The van der Waals surface area contributed by atoms with Crippen LogP contribution < -0.4 is 0 Å². The Kier molecular flexibility index (Phi) is 5.00. The van der Waals surface area contributed by atoms with Gasteiger partial charge in [-0.2, -0.15) is 0 Å². The molecule has 1 heteroatoms. The summed E-state index contributed by atoms with van der Waals surface area (Å²) in [6, 6.07) is 46.3. The van der Waals surface area contributed by atoms with E-state index in [0.29, 0.717) is 0 Å². The summed E-state index contributed by atoms with van der Waals surface area (Å²) in [7, 11) is 0. The molecule has 33 heavy (non-hydrogen) atoms. The zero-order valence-corrected chi connectivity index (χ0v) is 19.8. The van der Waals surface area contributed by atoms with Crippen molar-refractivity contribution in [3.05, 3.63) is 165 Å². The highest BCUT2D eigenvalue weighted by atomic mass is 79.9. The first-order valence-electron chi connectivity index (χ1n) is 11.4. The Morgan fingerprint density at radius 2 is 1.03 bits per heavy atom. The zero-order valence-electron chi connectivity index (χ0n) is 18.2. The van der Waals surface area contributed by atoms with Crippen LogP contribution >= 0.6 is 15.9 Å². The molecular formula is C32H23Br. The summed E-state index contributed by atoms with van der Waals surface area (Å²) in [4.78, 5) is 0. The van der Waals surface area contributed by atoms with Crippen LogP contribution in [0.2, 0.25) is 0 Å². The fourth-order valence-electron chi connectivity index (χ4n) is 5.56. The molecule has 0 radical (unpaired) electrons. The maximum absolute atomic E-state index is 3.76. The summed E-state index contributed by atoms with van der Waals surface area (Å²) in [5.41, 5.74) is 10.4. The lowest BCUT2D eigenvalue weighted by Gasteiger charge is -2.34. The van der Waals surface area contributed by atoms with Gasteiger partial charge in [0.15, 0.2) is 0 Å². The summed E-state index contributed by atoms with van der Waals surface area (Å²) >= 11 is 3.76. The summed E-state index contributed by atoms with van der Waals surface area (Å²) in [6.45, 7) is 0. The molecule has 0 fully saturated rings. The first kappa shape index (κ1) is 20.2. The molecule has 5 aromatic rings. The molecule has 158 valence electrons. The van der Waals surface area contributed by atoms with E-state index in [-0.39, 0.29) is 5.41 Å². The van der Waals surface area contributed by atoms with E-state index in [4.69, 9.17) is 0 Å². The van der Waals surface area contributed by atoms with Crippen LogP contribution in [0.5, 0.6) is 0 Å². The third-order valence-corrected chi connectivity index (χ3v) is 7.68. The van der Waals surface area contributed by atoms with Crippen LogP contribution in [0, 0.1) is 0 Å². The van der Waals surface area contributed by atoms with Crippen molar-refractivity contribution in [3.63, 3.8) is 0 Å². The number of benzene rings is 5. The molecule has 6 rings (SSSR count). The zero-order chi connectivity index (χ0) is 22.3. The van der Waals surface area contributed by atoms with E-state index < -0.39 is 0 Å². The van der Waals surface area contributed by atoms with Crippen LogP contribution in [0.3, 0.4) is 0 Å². The Hall–Kier alpha value is -3.42. The third kappa shape index (κ3) is 3.11. The van der Waals surface area contributed by atoms with Crippen molar-refractivity contribution in [1.29, 1.82) is 0 Å². The van der Waals surface area contributed by atoms with Crippen LogP contribution in [-0.4, -0.2) is 0 Å². The molecule has 0 heterocycles. The van der Waals surface area contributed by atoms with Gasteiger partial charge in [-0.05, 0) is 57.0 Å². The molecular weight excluding hydrogens is 464 g/mol. The maximum atomic E-state index is 3.76. The van der Waals surface area contributed by atoms with Crippen LogP contribution in [0.25, 0.3) is 11.1 Å². The van der Waals surface area contributed by atoms with Crippen LogP contribution in [-0.2, 0) is 11.8 Å². The molecule has 5 aromatic carbocycles. The predicted octanol–water partition coefficient (Wildman–Crippen LogP) is 8.40. The Labute approximate surface area is 203 Å². The SMILES string of the molecule is Brc1ccccc1Cc1cccc2c1-c1ccccc1C2(c1ccccc1)c1ccccc1. The van der Waals surface area contributed by atoms with Gasteiger partial charge < -0.3 is 0 Å². The lowest BCUT2D eigenvalue weighted by Crippen LogP contribution is -2.28. The van der Waals surface area contributed by atoms with Crippen molar-refractivity contribution in [2.24, 2.45) is 0 Å². The molecule has 0 unspecified atom stereocenters. The minimum atomic E-state index is -0.335. The van der Waals surface area contributed by atoms with Crippen molar-refractivity contribution in [3.8, 4) is 11.1 Å². The fourth-order valence-corrected chi connectivity index (χ4v) is 5.99. The minimum Gasteiger partial charge on any atom is -0.0622 e. The average Bonchev–Trinajstić information content (AvgIpc) is 3.19. The van der Waals surface area contributed by atoms with E-state index in [1.807, 2.05) is 0 Å². The highest BCUT2D eigenvalue weighted by molar-refractivity contribution is 9.10. The molecule has 0 nitrogen and oxygen atoms in total. The summed E-state index contributed by atoms with van der Waals surface area (Å²) < 4.78 is 1.16. The summed E-state index contributed by atoms with van der Waals surface area (Å²) in [5, 5.41) is 0. The van der Waals surface area contributed by atoms with E-state index in [1.165, 1.54) is 44.5 Å². The Morgan fingerprint density at radius 1 is 0.485 bits per heavy atom. The molecule has 0 N–H and O–H groups in total. The van der Waals surface area contributed by atoms with E-state index >= 15 is 0 Å². The lowest BCUT2D eigenvalue weighted by atomic mass is 9.67. The van der Waals surface area contributed by atoms with Gasteiger partial charge in [0, 0.05) is 4.47 Å². The van der Waals surface area contributed by atoms with Crippen LogP contribution in [0.15, 0.2) is 132 Å². The molecule has 1 aliphatic rings. The Balaban J connectivity index is 1.69. The number of fused-ring (bicyclic) bond motifs is 3. The second kappa shape index (κ2) is 8.17. The van der Waals surface area contributed by atoms with Gasteiger partial charge in [-0.15, -0.1) is 0 Å². The van der Waals surface area contributed by atoms with Crippen molar-refractivity contribution in [2.45, 2.75) is 11.8 Å². The standard InChI is InChI=1S/C32H23Br/c33-30-21-10-7-12-23(30)22-24-13-11-20-29-31(24)27-18-8-9-19-28(27)32(29,25-14-3-1-4-15-25)26-16-5-2-6-17-26/h1-21H,22H2. The molecule has 1 aliphatic carbocycles. The van der Waals surface area contributed by atoms with Crippen LogP contribution in [0.1, 0.15) is 33.4 Å². The quantitative estimate of drug-likeness (QED) is 0.234. The molecule has 0 aromatic heterocycles. The summed E-state index contributed by atoms with van der Waals surface area (Å²) in [5.74, 6) is 0. The average molecular weight is 487 g/mol. The second-order valence-electron chi connectivity index (χ2n) is 8.64. The van der Waals surface area contributed by atoms with Gasteiger partial charge in [0.1, 0.15) is 0 Å². The third-order valence-electron chi connectivity index (χ3n) is 6.91. The maximum Gasteiger partial charge on any atom is 0.0713 e. The second-order valence-corrected chi connectivity index (χ2v) is 9.49. The molecule has 0 atom stereocenters. The number of hydrogen-bond acceptors (Lipinski definition) is 0. The monoisotopic (exact) mass is 486 g/mol. The molecule has 0 saturated heterocycles. The lowest BCUT2D eigenvalue weighted by molar-refractivity contribution is 0.768. The van der Waals surface area contributed by atoms with Crippen molar-refractivity contribution < 1.29 is 0 Å². The van der Waals surface area contributed by atoms with Gasteiger partial charge in [0.2, 0.25) is 0 Å². The smallest absolute Gasteiger partial charge is 0.0622 e. The van der Waals surface area contributed by atoms with Crippen molar-refractivity contribution in [2.75, 3.05) is 0 Å². The van der Waals surface area contributed by atoms with Crippen molar-refractivity contribution >= 4 is 15.9 Å². The van der Waals surface area contributed by atoms with Gasteiger partial charge >= 0.3 is 0 Å².